The van der Waals surface area contributed by atoms with E-state index in [1.165, 1.54) is 12.8 Å². The quantitative estimate of drug-likeness (QED) is 0.657. The molecule has 2 nitrogen and oxygen atoms in total. The van der Waals surface area contributed by atoms with Crippen molar-refractivity contribution in [2.75, 3.05) is 5.32 Å². The topological polar surface area (TPSA) is 29.1 Å². The van der Waals surface area contributed by atoms with E-state index in [0.29, 0.717) is 5.02 Å². The van der Waals surface area contributed by atoms with Crippen LogP contribution in [0.15, 0.2) is 18.2 Å². The summed E-state index contributed by atoms with van der Waals surface area (Å²) in [4.78, 5) is 12.3. The fourth-order valence-electron chi connectivity index (χ4n) is 3.00. The Bertz CT molecular complexity index is 613. The van der Waals surface area contributed by atoms with Crippen molar-refractivity contribution in [1.82, 2.24) is 0 Å². The summed E-state index contributed by atoms with van der Waals surface area (Å²) in [6, 6.07) is 5.61. The van der Waals surface area contributed by atoms with Crippen molar-refractivity contribution in [1.29, 1.82) is 0 Å². The van der Waals surface area contributed by atoms with Crippen LogP contribution >= 0.6 is 11.6 Å². The molecule has 20 heavy (non-hydrogen) atoms. The minimum atomic E-state index is -0.419. The van der Waals surface area contributed by atoms with Crippen LogP contribution < -0.4 is 5.32 Å². The maximum atomic E-state index is 12.3. The monoisotopic (exact) mass is 287 g/mol. The maximum absolute atomic E-state index is 12.3. The molecule has 2 aliphatic rings. The third-order valence-corrected chi connectivity index (χ3v) is 4.49. The predicted molar refractivity (Wildman–Crippen MR) is 81.8 cm³/mol. The Morgan fingerprint density at radius 1 is 1.45 bits per heavy atom. The molecule has 0 saturated heterocycles. The summed E-state index contributed by atoms with van der Waals surface area (Å²) in [5.41, 5.74) is 1.51. The molecule has 0 radical (unpaired) electrons. The second kappa shape index (κ2) is 5.14. The van der Waals surface area contributed by atoms with Crippen LogP contribution in [-0.2, 0) is 10.2 Å². The number of benzene rings is 1. The van der Waals surface area contributed by atoms with E-state index >= 15 is 0 Å². The van der Waals surface area contributed by atoms with Crippen LogP contribution in [-0.4, -0.2) is 5.91 Å². The van der Waals surface area contributed by atoms with Gasteiger partial charge in [-0.25, -0.2) is 0 Å². The summed E-state index contributed by atoms with van der Waals surface area (Å²) < 4.78 is 0. The Kier molecular flexibility index (Phi) is 3.48. The molecule has 3 rings (SSSR count). The van der Waals surface area contributed by atoms with E-state index in [1.54, 1.807) is 0 Å². The molecule has 3 heteroatoms. The number of carbonyl (C=O) groups is 1. The van der Waals surface area contributed by atoms with E-state index in [-0.39, 0.29) is 11.8 Å². The third-order valence-electron chi connectivity index (χ3n) is 4.26. The molecule has 1 aliphatic carbocycles. The molecule has 1 saturated carbocycles. The average Bonchev–Trinajstić information content (AvgIpc) is 3.09. The second-order valence-corrected chi connectivity index (χ2v) is 6.09. The number of hydrogen-bond acceptors (Lipinski definition) is 1. The smallest absolute Gasteiger partial charge is 0.236 e. The van der Waals surface area contributed by atoms with Crippen LogP contribution in [0.5, 0.6) is 0 Å². The summed E-state index contributed by atoms with van der Waals surface area (Å²) in [7, 11) is 0. The van der Waals surface area contributed by atoms with Crippen molar-refractivity contribution in [3.63, 3.8) is 0 Å². The average molecular weight is 288 g/mol. The lowest BCUT2D eigenvalue weighted by atomic mass is 9.95. The minimum absolute atomic E-state index is 0.0858. The van der Waals surface area contributed by atoms with Crippen LogP contribution in [0.1, 0.15) is 44.6 Å². The Morgan fingerprint density at radius 2 is 2.30 bits per heavy atom. The van der Waals surface area contributed by atoms with Crippen LogP contribution in [0, 0.1) is 17.8 Å². The van der Waals surface area contributed by atoms with E-state index < -0.39 is 5.41 Å². The van der Waals surface area contributed by atoms with Crippen LogP contribution in [0.25, 0.3) is 0 Å². The third kappa shape index (κ3) is 2.11. The first-order chi connectivity index (χ1) is 9.68. The molecule has 1 heterocycles. The second-order valence-electron chi connectivity index (χ2n) is 5.65. The van der Waals surface area contributed by atoms with E-state index in [4.69, 9.17) is 11.6 Å². The number of anilines is 1. The molecule has 2 atom stereocenters. The molecule has 1 amide bonds. The summed E-state index contributed by atoms with van der Waals surface area (Å²) in [6.07, 6.45) is 5.35. The number of carbonyl (C=O) groups excluding carboxylic acids is 1. The minimum Gasteiger partial charge on any atom is -0.325 e. The van der Waals surface area contributed by atoms with Crippen molar-refractivity contribution in [3.05, 3.63) is 28.8 Å². The van der Waals surface area contributed by atoms with E-state index in [2.05, 4.69) is 24.1 Å². The van der Waals surface area contributed by atoms with Gasteiger partial charge in [0.25, 0.3) is 0 Å². The summed E-state index contributed by atoms with van der Waals surface area (Å²) >= 11 is 6.06. The van der Waals surface area contributed by atoms with Crippen molar-refractivity contribution in [2.24, 2.45) is 5.92 Å². The SMILES string of the molecule is CCCCCC#CC1CC12C(=O)Nc1ccc(Cl)cc12. The number of fused-ring (bicyclic) bond motifs is 2. The number of rotatable bonds is 3. The molecule has 0 aromatic heterocycles. The predicted octanol–water partition coefficient (Wildman–Crippen LogP) is 4.13. The van der Waals surface area contributed by atoms with Crippen molar-refractivity contribution in [3.8, 4) is 11.8 Å². The lowest BCUT2D eigenvalue weighted by Crippen LogP contribution is -2.21. The lowest BCUT2D eigenvalue weighted by Gasteiger charge is -2.05. The molecule has 1 aromatic carbocycles. The Hall–Kier alpha value is -1.46. The highest BCUT2D eigenvalue weighted by atomic mass is 35.5. The number of hydrogen-bond donors (Lipinski definition) is 1. The van der Waals surface area contributed by atoms with Crippen molar-refractivity contribution >= 4 is 23.2 Å². The molecule has 1 aliphatic heterocycles. The Morgan fingerprint density at radius 3 is 3.10 bits per heavy atom. The molecule has 1 N–H and O–H groups in total. The van der Waals surface area contributed by atoms with Gasteiger partial charge in [-0.15, -0.1) is 5.92 Å². The standard InChI is InChI=1S/C17H18ClNO/c1-2-3-4-5-6-7-12-11-17(12)14-10-13(18)8-9-15(14)19-16(17)20/h8-10,12H,2-5,11H2,1H3,(H,19,20). The van der Waals surface area contributed by atoms with Crippen LogP contribution in [0.3, 0.4) is 0 Å². The molecule has 1 spiro atoms. The fourth-order valence-corrected chi connectivity index (χ4v) is 3.17. The highest BCUT2D eigenvalue weighted by Crippen LogP contribution is 2.59. The van der Waals surface area contributed by atoms with Crippen molar-refractivity contribution in [2.45, 2.75) is 44.4 Å². The van der Waals surface area contributed by atoms with Gasteiger partial charge in [0.2, 0.25) is 5.91 Å². The molecule has 2 unspecified atom stereocenters. The molecule has 1 aromatic rings. The fraction of sp³-hybridized carbons (Fsp3) is 0.471. The van der Waals surface area contributed by atoms with Gasteiger partial charge in [-0.05, 0) is 36.6 Å². The van der Waals surface area contributed by atoms with Gasteiger partial charge in [0.05, 0.1) is 5.41 Å². The first-order valence-electron chi connectivity index (χ1n) is 7.28. The van der Waals surface area contributed by atoms with Crippen LogP contribution in [0.4, 0.5) is 5.69 Å². The molecule has 104 valence electrons. The Labute approximate surface area is 124 Å². The number of unbranched alkanes of at least 4 members (excludes halogenated alkanes) is 3. The summed E-state index contributed by atoms with van der Waals surface area (Å²) in [5.74, 6) is 6.76. The highest BCUT2D eigenvalue weighted by molar-refractivity contribution is 6.31. The summed E-state index contributed by atoms with van der Waals surface area (Å²) in [6.45, 7) is 2.19. The van der Waals surface area contributed by atoms with Gasteiger partial charge in [0, 0.05) is 23.0 Å². The highest BCUT2D eigenvalue weighted by Gasteiger charge is 2.64. The number of halogens is 1. The van der Waals surface area contributed by atoms with E-state index in [0.717, 1.165) is 30.5 Å². The van der Waals surface area contributed by atoms with Crippen molar-refractivity contribution < 1.29 is 4.79 Å². The molecule has 1 fully saturated rings. The summed E-state index contributed by atoms with van der Waals surface area (Å²) in [5, 5.41) is 3.63. The van der Waals surface area contributed by atoms with Gasteiger partial charge in [-0.2, -0.15) is 0 Å². The first kappa shape index (κ1) is 13.5. The van der Waals surface area contributed by atoms with E-state index in [1.807, 2.05) is 18.2 Å². The largest absolute Gasteiger partial charge is 0.325 e. The maximum Gasteiger partial charge on any atom is 0.236 e. The first-order valence-corrected chi connectivity index (χ1v) is 7.66. The number of amides is 1. The number of nitrogens with one attached hydrogen (secondary N) is 1. The zero-order valence-electron chi connectivity index (χ0n) is 11.6. The Balaban J connectivity index is 1.76. The van der Waals surface area contributed by atoms with Gasteiger partial charge < -0.3 is 5.32 Å². The molecular formula is C17H18ClNO. The zero-order valence-corrected chi connectivity index (χ0v) is 12.4. The van der Waals surface area contributed by atoms with Gasteiger partial charge in [-0.3, -0.25) is 4.79 Å². The molecule has 0 bridgehead atoms. The van der Waals surface area contributed by atoms with Gasteiger partial charge in [0.1, 0.15) is 0 Å². The van der Waals surface area contributed by atoms with Gasteiger partial charge >= 0.3 is 0 Å². The van der Waals surface area contributed by atoms with Gasteiger partial charge in [-0.1, -0.05) is 37.3 Å². The van der Waals surface area contributed by atoms with Gasteiger partial charge in [0.15, 0.2) is 0 Å². The molecular weight excluding hydrogens is 270 g/mol. The lowest BCUT2D eigenvalue weighted by molar-refractivity contribution is -0.118. The van der Waals surface area contributed by atoms with E-state index in [9.17, 15) is 4.79 Å². The normalized spacial score (nSPS) is 25.9. The zero-order chi connectivity index (χ0) is 14.2. The van der Waals surface area contributed by atoms with Crippen LogP contribution in [0.2, 0.25) is 5.02 Å².